The molecule has 3 aromatic rings. The lowest BCUT2D eigenvalue weighted by molar-refractivity contribution is -0.132. The van der Waals surface area contributed by atoms with E-state index in [-0.39, 0.29) is 23.7 Å². The van der Waals surface area contributed by atoms with Gasteiger partial charge < -0.3 is 15.0 Å². The van der Waals surface area contributed by atoms with Gasteiger partial charge in [-0.1, -0.05) is 6.07 Å². The van der Waals surface area contributed by atoms with E-state index in [1.54, 1.807) is 44.6 Å². The fourth-order valence-corrected chi connectivity index (χ4v) is 4.00. The molecule has 2 atom stereocenters. The van der Waals surface area contributed by atoms with Gasteiger partial charge in [0.05, 0.1) is 19.0 Å². The molecule has 166 valence electrons. The van der Waals surface area contributed by atoms with Crippen LogP contribution in [0.25, 0.3) is 11.3 Å². The van der Waals surface area contributed by atoms with E-state index in [0.29, 0.717) is 35.3 Å². The highest BCUT2D eigenvalue weighted by Gasteiger charge is 2.30. The Hall–Kier alpha value is -3.55. The Morgan fingerprint density at radius 1 is 1.19 bits per heavy atom. The molecule has 1 saturated heterocycles. The minimum atomic E-state index is -0.333. The summed E-state index contributed by atoms with van der Waals surface area (Å²) in [5.41, 5.74) is 2.04. The molecule has 0 spiro atoms. The second kappa shape index (κ2) is 9.30. The summed E-state index contributed by atoms with van der Waals surface area (Å²) in [4.78, 5) is 27.8. The molecule has 1 aromatic carbocycles. The summed E-state index contributed by atoms with van der Waals surface area (Å²) in [6.45, 7) is 4.22. The van der Waals surface area contributed by atoms with Crippen molar-refractivity contribution in [3.05, 3.63) is 60.4 Å². The van der Waals surface area contributed by atoms with E-state index >= 15 is 0 Å². The van der Waals surface area contributed by atoms with Crippen LogP contribution in [0.5, 0.6) is 5.75 Å². The van der Waals surface area contributed by atoms with Gasteiger partial charge >= 0.3 is 0 Å². The number of nitrogens with zero attached hydrogens (tertiary/aromatic N) is 4. The number of hydrogen-bond donors (Lipinski definition) is 1. The van der Waals surface area contributed by atoms with Gasteiger partial charge in [0.15, 0.2) is 0 Å². The number of ether oxygens (including phenoxy) is 1. The molecule has 1 N–H and O–H groups in total. The third-order valence-electron chi connectivity index (χ3n) is 5.74. The SMILES string of the molecule is COc1cncc(-c2cc(Nc3cccc(F)c3)nc(C3CC[C@H](C)N(C(C)=O)C3)n2)c1. The van der Waals surface area contributed by atoms with Gasteiger partial charge in [-0.2, -0.15) is 0 Å². The maximum Gasteiger partial charge on any atom is 0.219 e. The number of anilines is 2. The molecule has 0 bridgehead atoms. The Kier molecular flexibility index (Phi) is 6.30. The molecule has 1 unspecified atom stereocenters. The molecule has 8 heteroatoms. The number of methoxy groups -OCH3 is 1. The fraction of sp³-hybridized carbons (Fsp3) is 0.333. The van der Waals surface area contributed by atoms with Crippen molar-refractivity contribution >= 4 is 17.4 Å². The molecule has 0 radical (unpaired) electrons. The Morgan fingerprint density at radius 3 is 2.78 bits per heavy atom. The quantitative estimate of drug-likeness (QED) is 0.634. The number of benzene rings is 1. The standard InChI is InChI=1S/C24H26FN5O2/c1-15-7-8-17(14-30(15)16(2)31)24-28-22(18-9-21(32-3)13-26-12-18)11-23(29-24)27-20-6-4-5-19(25)10-20/h4-6,9-13,15,17H,7-8,14H2,1-3H3,(H,27,28,29)/t15-,17?/m0/s1. The number of piperidine rings is 1. The molecular weight excluding hydrogens is 409 g/mol. The first-order valence-electron chi connectivity index (χ1n) is 10.6. The number of aromatic nitrogens is 3. The Labute approximate surface area is 186 Å². The van der Waals surface area contributed by atoms with Gasteiger partial charge in [0.2, 0.25) is 5.91 Å². The van der Waals surface area contributed by atoms with Crippen molar-refractivity contribution in [3.63, 3.8) is 0 Å². The molecule has 1 fully saturated rings. The van der Waals surface area contributed by atoms with Gasteiger partial charge in [0, 0.05) is 48.9 Å². The van der Waals surface area contributed by atoms with Gasteiger partial charge in [0.25, 0.3) is 0 Å². The molecule has 4 rings (SSSR count). The minimum absolute atomic E-state index is 0.00155. The molecule has 1 amide bonds. The number of halogens is 1. The number of pyridine rings is 1. The van der Waals surface area contributed by atoms with Crippen LogP contribution in [0.15, 0.2) is 48.8 Å². The normalized spacial score (nSPS) is 18.3. The predicted octanol–water partition coefficient (Wildman–Crippen LogP) is 4.54. The van der Waals surface area contributed by atoms with E-state index in [1.165, 1.54) is 12.1 Å². The van der Waals surface area contributed by atoms with Crippen LogP contribution >= 0.6 is 0 Å². The maximum absolute atomic E-state index is 13.7. The number of hydrogen-bond acceptors (Lipinski definition) is 6. The Balaban J connectivity index is 1.74. The predicted molar refractivity (Wildman–Crippen MR) is 120 cm³/mol. The van der Waals surface area contributed by atoms with Gasteiger partial charge in [-0.05, 0) is 44.0 Å². The van der Waals surface area contributed by atoms with Crippen LogP contribution in [0.4, 0.5) is 15.9 Å². The number of nitrogens with one attached hydrogen (secondary N) is 1. The molecular formula is C24H26FN5O2. The lowest BCUT2D eigenvalue weighted by Gasteiger charge is -2.37. The molecule has 1 aliphatic rings. The average molecular weight is 436 g/mol. The van der Waals surface area contributed by atoms with E-state index < -0.39 is 0 Å². The highest BCUT2D eigenvalue weighted by molar-refractivity contribution is 5.74. The van der Waals surface area contributed by atoms with Gasteiger partial charge in [-0.15, -0.1) is 0 Å². The van der Waals surface area contributed by atoms with Gasteiger partial charge in [0.1, 0.15) is 23.2 Å². The van der Waals surface area contributed by atoms with Crippen LogP contribution in [0.2, 0.25) is 0 Å². The van der Waals surface area contributed by atoms with E-state index in [2.05, 4.69) is 17.2 Å². The second-order valence-corrected chi connectivity index (χ2v) is 8.04. The summed E-state index contributed by atoms with van der Waals surface area (Å²) in [7, 11) is 1.59. The van der Waals surface area contributed by atoms with Gasteiger partial charge in [-0.25, -0.2) is 14.4 Å². The molecule has 0 saturated carbocycles. The first-order chi connectivity index (χ1) is 15.4. The van der Waals surface area contributed by atoms with E-state index in [9.17, 15) is 9.18 Å². The van der Waals surface area contributed by atoms with Crippen molar-refractivity contribution in [3.8, 4) is 17.0 Å². The zero-order valence-corrected chi connectivity index (χ0v) is 18.4. The van der Waals surface area contributed by atoms with Crippen molar-refractivity contribution in [2.45, 2.75) is 38.6 Å². The Morgan fingerprint density at radius 2 is 2.03 bits per heavy atom. The summed E-state index contributed by atoms with van der Waals surface area (Å²) >= 11 is 0. The van der Waals surface area contributed by atoms with Crippen LogP contribution in [0.3, 0.4) is 0 Å². The van der Waals surface area contributed by atoms with Crippen LogP contribution in [-0.2, 0) is 4.79 Å². The summed E-state index contributed by atoms with van der Waals surface area (Å²) in [5, 5.41) is 3.18. The van der Waals surface area contributed by atoms with Crippen molar-refractivity contribution in [2.75, 3.05) is 19.0 Å². The second-order valence-electron chi connectivity index (χ2n) is 8.04. The van der Waals surface area contributed by atoms with Gasteiger partial charge in [-0.3, -0.25) is 9.78 Å². The van der Waals surface area contributed by atoms with E-state index in [1.807, 2.05) is 11.0 Å². The van der Waals surface area contributed by atoms with Crippen molar-refractivity contribution < 1.29 is 13.9 Å². The number of rotatable bonds is 5. The molecule has 0 aliphatic carbocycles. The lowest BCUT2D eigenvalue weighted by Crippen LogP contribution is -2.44. The zero-order valence-electron chi connectivity index (χ0n) is 18.4. The summed E-state index contributed by atoms with van der Waals surface area (Å²) < 4.78 is 19.0. The molecule has 3 heterocycles. The monoisotopic (exact) mass is 435 g/mol. The van der Waals surface area contributed by atoms with Crippen molar-refractivity contribution in [1.29, 1.82) is 0 Å². The molecule has 2 aromatic heterocycles. The highest BCUT2D eigenvalue weighted by Crippen LogP contribution is 2.32. The largest absolute Gasteiger partial charge is 0.495 e. The number of carbonyl (C=O) groups is 1. The minimum Gasteiger partial charge on any atom is -0.495 e. The topological polar surface area (TPSA) is 80.2 Å². The van der Waals surface area contributed by atoms with Crippen molar-refractivity contribution in [1.82, 2.24) is 19.9 Å². The third kappa shape index (κ3) is 4.85. The van der Waals surface area contributed by atoms with E-state index in [4.69, 9.17) is 14.7 Å². The fourth-order valence-electron chi connectivity index (χ4n) is 4.00. The van der Waals surface area contributed by atoms with Crippen LogP contribution in [-0.4, -0.2) is 45.5 Å². The summed E-state index contributed by atoms with van der Waals surface area (Å²) in [6, 6.07) is 10.1. The van der Waals surface area contributed by atoms with Crippen LogP contribution in [0, 0.1) is 5.82 Å². The molecule has 1 aliphatic heterocycles. The number of likely N-dealkylation sites (tertiary alicyclic amines) is 1. The van der Waals surface area contributed by atoms with E-state index in [0.717, 1.165) is 18.4 Å². The number of carbonyl (C=O) groups excluding carboxylic acids is 1. The summed E-state index contributed by atoms with van der Waals surface area (Å²) in [5.74, 6) is 1.53. The molecule has 7 nitrogen and oxygen atoms in total. The zero-order chi connectivity index (χ0) is 22.7. The molecule has 32 heavy (non-hydrogen) atoms. The first-order valence-corrected chi connectivity index (χ1v) is 10.6. The number of amides is 1. The van der Waals surface area contributed by atoms with Crippen molar-refractivity contribution in [2.24, 2.45) is 0 Å². The maximum atomic E-state index is 13.7. The lowest BCUT2D eigenvalue weighted by atomic mass is 9.92. The summed E-state index contributed by atoms with van der Waals surface area (Å²) in [6.07, 6.45) is 5.10. The first kappa shape index (κ1) is 21.7. The van der Waals surface area contributed by atoms with Crippen LogP contribution in [0.1, 0.15) is 38.4 Å². The smallest absolute Gasteiger partial charge is 0.219 e. The average Bonchev–Trinajstić information content (AvgIpc) is 2.79. The van der Waals surface area contributed by atoms with Crippen LogP contribution < -0.4 is 10.1 Å². The Bertz CT molecular complexity index is 1120. The highest BCUT2D eigenvalue weighted by atomic mass is 19.1. The third-order valence-corrected chi connectivity index (χ3v) is 5.74.